The molecule has 29 heavy (non-hydrogen) atoms. The third-order valence-electron chi connectivity index (χ3n) is 6.53. The summed E-state index contributed by atoms with van der Waals surface area (Å²) in [6.45, 7) is 2.96. The highest BCUT2D eigenvalue weighted by Crippen LogP contribution is 2.45. The lowest BCUT2D eigenvalue weighted by Crippen LogP contribution is -2.44. The maximum absolute atomic E-state index is 12.2. The normalized spacial score (nSPS) is 22.6. The number of rotatable bonds is 3. The van der Waals surface area contributed by atoms with Crippen LogP contribution in [0.3, 0.4) is 0 Å². The second-order valence-electron chi connectivity index (χ2n) is 8.68. The fraction of sp³-hybridized carbons (Fsp3) is 0.636. The second-order valence-corrected chi connectivity index (χ2v) is 8.68. The van der Waals surface area contributed by atoms with E-state index in [9.17, 15) is 4.79 Å². The van der Waals surface area contributed by atoms with E-state index in [0.29, 0.717) is 12.0 Å². The van der Waals surface area contributed by atoms with Gasteiger partial charge in [-0.25, -0.2) is 4.99 Å². The van der Waals surface area contributed by atoms with Crippen molar-refractivity contribution in [1.82, 2.24) is 15.1 Å². The number of para-hydroxylation sites is 1. The zero-order valence-corrected chi connectivity index (χ0v) is 19.9. The number of nitrogens with zero attached hydrogens (tertiary/aromatic N) is 3. The summed E-state index contributed by atoms with van der Waals surface area (Å²) in [6, 6.07) is 8.38. The molecule has 1 aromatic rings. The number of carbonyl (C=O) groups excluding carboxylic acids is 1. The molecule has 1 spiro atoms. The van der Waals surface area contributed by atoms with Gasteiger partial charge >= 0.3 is 0 Å². The number of guanidine groups is 1. The van der Waals surface area contributed by atoms with Crippen LogP contribution in [0.5, 0.6) is 5.75 Å². The Morgan fingerprint density at radius 3 is 2.79 bits per heavy atom. The Labute approximate surface area is 191 Å². The smallest absolute Gasteiger partial charge is 0.243 e. The molecule has 160 valence electrons. The maximum atomic E-state index is 12.2. The van der Waals surface area contributed by atoms with Crippen molar-refractivity contribution in [3.05, 3.63) is 29.8 Å². The minimum Gasteiger partial charge on any atom is -0.493 e. The molecular formula is C22H33IN4O2. The highest BCUT2D eigenvalue weighted by Gasteiger charge is 2.41. The van der Waals surface area contributed by atoms with E-state index in [2.05, 4.69) is 22.3 Å². The molecule has 1 amide bonds. The maximum Gasteiger partial charge on any atom is 0.243 e. The first kappa shape index (κ1) is 22.2. The van der Waals surface area contributed by atoms with E-state index in [1.807, 2.05) is 12.1 Å². The molecule has 0 radical (unpaired) electrons. The number of aliphatic imine (C=N–C) groups is 1. The molecule has 0 bridgehead atoms. The number of halogens is 1. The average Bonchev–Trinajstić information content (AvgIpc) is 3.34. The number of ether oxygens (including phenoxy) is 1. The summed E-state index contributed by atoms with van der Waals surface area (Å²) in [4.78, 5) is 20.9. The SMILES string of the molecule is CN(C)C(=O)CN=C(NC1CCOc2ccccc21)N1CCC2(CCCC2)C1.I. The van der Waals surface area contributed by atoms with Gasteiger partial charge in [0.05, 0.1) is 12.6 Å². The quantitative estimate of drug-likeness (QED) is 0.383. The minimum absolute atomic E-state index is 0. The molecule has 7 heteroatoms. The molecule has 1 saturated carbocycles. The average molecular weight is 512 g/mol. The molecule has 2 aliphatic heterocycles. The van der Waals surface area contributed by atoms with E-state index in [0.717, 1.165) is 31.2 Å². The van der Waals surface area contributed by atoms with Gasteiger partial charge in [-0.1, -0.05) is 31.0 Å². The highest BCUT2D eigenvalue weighted by atomic mass is 127. The second kappa shape index (κ2) is 9.53. The Kier molecular flexibility index (Phi) is 7.29. The van der Waals surface area contributed by atoms with Crippen molar-refractivity contribution in [2.24, 2.45) is 10.4 Å². The van der Waals surface area contributed by atoms with Gasteiger partial charge in [0, 0.05) is 39.2 Å². The lowest BCUT2D eigenvalue weighted by atomic mass is 9.86. The fourth-order valence-corrected chi connectivity index (χ4v) is 4.82. The minimum atomic E-state index is 0. The van der Waals surface area contributed by atoms with Gasteiger partial charge in [-0.15, -0.1) is 24.0 Å². The van der Waals surface area contributed by atoms with Crippen LogP contribution in [0.25, 0.3) is 0 Å². The van der Waals surface area contributed by atoms with Crippen molar-refractivity contribution in [3.8, 4) is 5.75 Å². The summed E-state index contributed by atoms with van der Waals surface area (Å²) in [7, 11) is 3.56. The molecule has 1 N–H and O–H groups in total. The molecule has 0 aromatic heterocycles. The van der Waals surface area contributed by atoms with Gasteiger partial charge in [0.1, 0.15) is 12.3 Å². The summed E-state index contributed by atoms with van der Waals surface area (Å²) in [5.41, 5.74) is 1.64. The largest absolute Gasteiger partial charge is 0.493 e. The van der Waals surface area contributed by atoms with E-state index >= 15 is 0 Å². The van der Waals surface area contributed by atoms with E-state index in [-0.39, 0.29) is 42.5 Å². The summed E-state index contributed by atoms with van der Waals surface area (Å²) in [5.74, 6) is 1.85. The van der Waals surface area contributed by atoms with E-state index in [1.165, 1.54) is 37.7 Å². The topological polar surface area (TPSA) is 57.2 Å². The number of benzene rings is 1. The molecule has 3 aliphatic rings. The zero-order valence-electron chi connectivity index (χ0n) is 17.5. The van der Waals surface area contributed by atoms with Crippen molar-refractivity contribution in [3.63, 3.8) is 0 Å². The number of hydrogen-bond donors (Lipinski definition) is 1. The number of nitrogens with one attached hydrogen (secondary N) is 1. The fourth-order valence-electron chi connectivity index (χ4n) is 4.82. The van der Waals surface area contributed by atoms with Crippen LogP contribution >= 0.6 is 24.0 Å². The van der Waals surface area contributed by atoms with Crippen LogP contribution in [0.15, 0.2) is 29.3 Å². The van der Waals surface area contributed by atoms with Gasteiger partial charge in [-0.3, -0.25) is 4.79 Å². The standard InChI is InChI=1S/C22H32N4O2.HI/c1-25(2)20(27)15-23-21(26-13-12-22(16-26)10-5-6-11-22)24-18-9-14-28-19-8-4-3-7-17(18)19;/h3-4,7-8,18H,5-6,9-16H2,1-2H3,(H,23,24);1H. The third-order valence-corrected chi connectivity index (χ3v) is 6.53. The number of amides is 1. The highest BCUT2D eigenvalue weighted by molar-refractivity contribution is 14.0. The Bertz CT molecular complexity index is 746. The van der Waals surface area contributed by atoms with Crippen molar-refractivity contribution >= 4 is 35.8 Å². The summed E-state index contributed by atoms with van der Waals surface area (Å²) in [6.07, 6.45) is 7.48. The number of likely N-dealkylation sites (N-methyl/N-ethyl adjacent to an activating group) is 1. The molecule has 1 atom stereocenters. The lowest BCUT2D eigenvalue weighted by molar-refractivity contribution is -0.127. The number of likely N-dealkylation sites (tertiary alicyclic amines) is 1. The number of carbonyl (C=O) groups is 1. The van der Waals surface area contributed by atoms with Crippen molar-refractivity contribution in [2.45, 2.75) is 44.6 Å². The molecule has 1 saturated heterocycles. The van der Waals surface area contributed by atoms with Gasteiger partial charge in [0.25, 0.3) is 0 Å². The molecule has 2 fully saturated rings. The monoisotopic (exact) mass is 512 g/mol. The Morgan fingerprint density at radius 2 is 2.03 bits per heavy atom. The van der Waals surface area contributed by atoms with Gasteiger partial charge < -0.3 is 19.9 Å². The van der Waals surface area contributed by atoms with Crippen molar-refractivity contribution in [1.29, 1.82) is 0 Å². The number of fused-ring (bicyclic) bond motifs is 1. The lowest BCUT2D eigenvalue weighted by Gasteiger charge is -2.32. The molecule has 1 aromatic carbocycles. The predicted molar refractivity (Wildman–Crippen MR) is 126 cm³/mol. The van der Waals surface area contributed by atoms with Gasteiger partial charge in [-0.2, -0.15) is 0 Å². The summed E-state index contributed by atoms with van der Waals surface area (Å²) < 4.78 is 5.81. The van der Waals surface area contributed by atoms with Crippen LogP contribution in [0.1, 0.15) is 50.1 Å². The van der Waals surface area contributed by atoms with E-state index < -0.39 is 0 Å². The first-order chi connectivity index (χ1) is 13.6. The number of hydrogen-bond acceptors (Lipinski definition) is 3. The van der Waals surface area contributed by atoms with E-state index in [4.69, 9.17) is 9.73 Å². The molecule has 2 heterocycles. The van der Waals surface area contributed by atoms with Gasteiger partial charge in [0.15, 0.2) is 5.96 Å². The van der Waals surface area contributed by atoms with E-state index in [1.54, 1.807) is 19.0 Å². The Morgan fingerprint density at radius 1 is 1.28 bits per heavy atom. The predicted octanol–water partition coefficient (Wildman–Crippen LogP) is 3.43. The van der Waals surface area contributed by atoms with Crippen LogP contribution < -0.4 is 10.1 Å². The molecule has 4 rings (SSSR count). The van der Waals surface area contributed by atoms with Crippen LogP contribution in [-0.2, 0) is 4.79 Å². The molecule has 1 aliphatic carbocycles. The Hall–Kier alpha value is -1.51. The molecular weight excluding hydrogens is 479 g/mol. The van der Waals surface area contributed by atoms with Gasteiger partial charge in [0.2, 0.25) is 5.91 Å². The first-order valence-electron chi connectivity index (χ1n) is 10.5. The van der Waals surface area contributed by atoms with Crippen LogP contribution in [-0.4, -0.2) is 62.0 Å². The summed E-state index contributed by atoms with van der Waals surface area (Å²) >= 11 is 0. The van der Waals surface area contributed by atoms with Crippen LogP contribution in [0.2, 0.25) is 0 Å². The first-order valence-corrected chi connectivity index (χ1v) is 10.5. The molecule has 1 unspecified atom stereocenters. The van der Waals surface area contributed by atoms with Crippen molar-refractivity contribution in [2.75, 3.05) is 40.3 Å². The van der Waals surface area contributed by atoms with Crippen LogP contribution in [0.4, 0.5) is 0 Å². The summed E-state index contributed by atoms with van der Waals surface area (Å²) in [5, 5.41) is 3.68. The Balaban J connectivity index is 0.00000240. The van der Waals surface area contributed by atoms with Crippen LogP contribution in [0, 0.1) is 5.41 Å². The van der Waals surface area contributed by atoms with Gasteiger partial charge in [-0.05, 0) is 30.7 Å². The molecule has 6 nitrogen and oxygen atoms in total. The van der Waals surface area contributed by atoms with Crippen molar-refractivity contribution < 1.29 is 9.53 Å². The third kappa shape index (κ3) is 4.98. The zero-order chi connectivity index (χ0) is 19.6.